The Labute approximate surface area is 91.5 Å². The van der Waals surface area contributed by atoms with Crippen LogP contribution in [0.3, 0.4) is 0 Å². The zero-order valence-electron chi connectivity index (χ0n) is 7.68. The Balaban J connectivity index is 2.63. The fourth-order valence-corrected chi connectivity index (χ4v) is 1.49. The van der Waals surface area contributed by atoms with Gasteiger partial charge in [0.1, 0.15) is 6.07 Å². The molecule has 0 atom stereocenters. The van der Waals surface area contributed by atoms with Gasteiger partial charge in [-0.25, -0.2) is 4.68 Å². The largest absolute Gasteiger partial charge is 0.396 e. The highest BCUT2D eigenvalue weighted by molar-refractivity contribution is 6.32. The Hall–Kier alpha value is -1.99. The van der Waals surface area contributed by atoms with Gasteiger partial charge < -0.3 is 5.73 Å². The summed E-state index contributed by atoms with van der Waals surface area (Å²) in [5, 5.41) is 13.4. The Morgan fingerprint density at radius 1 is 1.47 bits per heavy atom. The highest BCUT2D eigenvalue weighted by atomic mass is 35.5. The van der Waals surface area contributed by atoms with E-state index in [-0.39, 0.29) is 0 Å². The fourth-order valence-electron chi connectivity index (χ4n) is 1.28. The van der Waals surface area contributed by atoms with Crippen molar-refractivity contribution in [2.75, 3.05) is 5.73 Å². The lowest BCUT2D eigenvalue weighted by molar-refractivity contribution is 0.877. The van der Waals surface area contributed by atoms with Crippen molar-refractivity contribution in [2.45, 2.75) is 0 Å². The second-order valence-corrected chi connectivity index (χ2v) is 3.37. The molecule has 5 heteroatoms. The number of nitriles is 1. The van der Waals surface area contributed by atoms with E-state index in [1.54, 1.807) is 24.4 Å². The summed E-state index contributed by atoms with van der Waals surface area (Å²) in [6, 6.07) is 7.22. The van der Waals surface area contributed by atoms with Crippen LogP contribution in [0.2, 0.25) is 5.02 Å². The predicted molar refractivity (Wildman–Crippen MR) is 57.7 cm³/mol. The Morgan fingerprint density at radius 3 is 2.87 bits per heavy atom. The van der Waals surface area contributed by atoms with Crippen molar-refractivity contribution in [1.29, 1.82) is 5.26 Å². The van der Waals surface area contributed by atoms with Gasteiger partial charge in [0.25, 0.3) is 0 Å². The molecule has 2 rings (SSSR count). The van der Waals surface area contributed by atoms with Gasteiger partial charge >= 0.3 is 0 Å². The summed E-state index contributed by atoms with van der Waals surface area (Å²) in [5.74, 6) is 0. The predicted octanol–water partition coefficient (Wildman–Crippen LogP) is 1.98. The maximum Gasteiger partial charge on any atom is 0.103 e. The highest BCUT2D eigenvalue weighted by Gasteiger charge is 2.08. The number of hydrogen-bond acceptors (Lipinski definition) is 3. The summed E-state index contributed by atoms with van der Waals surface area (Å²) in [7, 11) is 0. The standard InChI is InChI=1S/C10H7ClN4/c11-9-2-1-3-10(8(9)4-12)15-6-7(13)5-14-15/h1-3,5-6H,13H2. The summed E-state index contributed by atoms with van der Waals surface area (Å²) < 4.78 is 1.53. The van der Waals surface area contributed by atoms with Crippen LogP contribution in [-0.2, 0) is 0 Å². The van der Waals surface area contributed by atoms with Crippen LogP contribution in [0.25, 0.3) is 5.69 Å². The highest BCUT2D eigenvalue weighted by Crippen LogP contribution is 2.22. The molecule has 1 aromatic heterocycles. The zero-order chi connectivity index (χ0) is 10.8. The van der Waals surface area contributed by atoms with E-state index in [1.807, 2.05) is 6.07 Å². The molecule has 0 aliphatic carbocycles. The van der Waals surface area contributed by atoms with E-state index in [1.165, 1.54) is 10.9 Å². The molecule has 1 aromatic carbocycles. The summed E-state index contributed by atoms with van der Waals surface area (Å²) in [5.41, 5.74) is 7.10. The van der Waals surface area contributed by atoms with Crippen LogP contribution >= 0.6 is 11.6 Å². The van der Waals surface area contributed by atoms with Crippen molar-refractivity contribution in [3.63, 3.8) is 0 Å². The Bertz CT molecular complexity index is 539. The number of anilines is 1. The molecule has 0 aliphatic rings. The average molecular weight is 219 g/mol. The van der Waals surface area contributed by atoms with Crippen LogP contribution in [0.4, 0.5) is 5.69 Å². The molecule has 74 valence electrons. The molecule has 0 amide bonds. The Morgan fingerprint density at radius 2 is 2.27 bits per heavy atom. The number of aromatic nitrogens is 2. The second-order valence-electron chi connectivity index (χ2n) is 2.96. The molecule has 0 aliphatic heterocycles. The summed E-state index contributed by atoms with van der Waals surface area (Å²) in [6.07, 6.45) is 3.15. The van der Waals surface area contributed by atoms with Crippen molar-refractivity contribution >= 4 is 17.3 Å². The number of hydrogen-bond donors (Lipinski definition) is 1. The van der Waals surface area contributed by atoms with Gasteiger partial charge in [0.15, 0.2) is 0 Å². The van der Waals surface area contributed by atoms with Crippen LogP contribution in [0.1, 0.15) is 5.56 Å². The number of halogens is 1. The average Bonchev–Trinajstić information content (AvgIpc) is 2.64. The number of rotatable bonds is 1. The van der Waals surface area contributed by atoms with Crippen LogP contribution in [-0.4, -0.2) is 9.78 Å². The maximum absolute atomic E-state index is 8.96. The van der Waals surface area contributed by atoms with Crippen LogP contribution < -0.4 is 5.73 Å². The molecule has 15 heavy (non-hydrogen) atoms. The number of benzene rings is 1. The Kier molecular flexibility index (Phi) is 2.32. The molecule has 2 aromatic rings. The van der Waals surface area contributed by atoms with Gasteiger partial charge in [-0.3, -0.25) is 0 Å². The topological polar surface area (TPSA) is 67.6 Å². The number of nitrogens with zero attached hydrogens (tertiary/aromatic N) is 3. The minimum Gasteiger partial charge on any atom is -0.396 e. The van der Waals surface area contributed by atoms with E-state index in [0.717, 1.165) is 0 Å². The third-order valence-corrected chi connectivity index (χ3v) is 2.27. The van der Waals surface area contributed by atoms with E-state index in [4.69, 9.17) is 22.6 Å². The minimum absolute atomic E-state index is 0.391. The van der Waals surface area contributed by atoms with E-state index in [0.29, 0.717) is 22.0 Å². The van der Waals surface area contributed by atoms with Crippen molar-refractivity contribution < 1.29 is 0 Å². The minimum atomic E-state index is 0.391. The molecule has 0 radical (unpaired) electrons. The van der Waals surface area contributed by atoms with Crippen molar-refractivity contribution in [1.82, 2.24) is 9.78 Å². The van der Waals surface area contributed by atoms with Crippen LogP contribution in [0, 0.1) is 11.3 Å². The van der Waals surface area contributed by atoms with E-state index in [9.17, 15) is 0 Å². The van der Waals surface area contributed by atoms with Gasteiger partial charge in [-0.1, -0.05) is 17.7 Å². The van der Waals surface area contributed by atoms with Gasteiger partial charge in [-0.15, -0.1) is 0 Å². The van der Waals surface area contributed by atoms with Gasteiger partial charge in [0, 0.05) is 0 Å². The molecule has 0 unspecified atom stereocenters. The van der Waals surface area contributed by atoms with Crippen molar-refractivity contribution in [3.05, 3.63) is 41.2 Å². The molecular weight excluding hydrogens is 212 g/mol. The van der Waals surface area contributed by atoms with E-state index < -0.39 is 0 Å². The van der Waals surface area contributed by atoms with Gasteiger partial charge in [0.05, 0.1) is 34.4 Å². The first-order valence-corrected chi connectivity index (χ1v) is 4.59. The molecular formula is C10H7ClN4. The fraction of sp³-hybridized carbons (Fsp3) is 0. The zero-order valence-corrected chi connectivity index (χ0v) is 8.44. The molecule has 0 fully saturated rings. The summed E-state index contributed by atoms with van der Waals surface area (Å²) in [4.78, 5) is 0. The lowest BCUT2D eigenvalue weighted by Crippen LogP contribution is -1.98. The summed E-state index contributed by atoms with van der Waals surface area (Å²) in [6.45, 7) is 0. The molecule has 0 spiro atoms. The maximum atomic E-state index is 8.96. The molecule has 0 saturated carbocycles. The monoisotopic (exact) mass is 218 g/mol. The molecule has 1 heterocycles. The van der Waals surface area contributed by atoms with Crippen molar-refractivity contribution in [3.8, 4) is 11.8 Å². The lowest BCUT2D eigenvalue weighted by Gasteiger charge is -2.04. The first kappa shape index (κ1) is 9.56. The first-order chi connectivity index (χ1) is 7.22. The summed E-state index contributed by atoms with van der Waals surface area (Å²) >= 11 is 5.89. The van der Waals surface area contributed by atoms with Crippen LogP contribution in [0.15, 0.2) is 30.6 Å². The normalized spacial score (nSPS) is 9.87. The second kappa shape index (κ2) is 3.64. The molecule has 4 nitrogen and oxygen atoms in total. The molecule has 0 bridgehead atoms. The quantitative estimate of drug-likeness (QED) is 0.796. The van der Waals surface area contributed by atoms with Crippen molar-refractivity contribution in [2.24, 2.45) is 0 Å². The van der Waals surface area contributed by atoms with Gasteiger partial charge in [0.2, 0.25) is 0 Å². The smallest absolute Gasteiger partial charge is 0.103 e. The molecule has 0 saturated heterocycles. The van der Waals surface area contributed by atoms with Gasteiger partial charge in [-0.2, -0.15) is 10.4 Å². The third kappa shape index (κ3) is 1.65. The van der Waals surface area contributed by atoms with E-state index in [2.05, 4.69) is 5.10 Å². The van der Waals surface area contributed by atoms with Crippen LogP contribution in [0.5, 0.6) is 0 Å². The number of nitrogens with two attached hydrogens (primary N) is 1. The first-order valence-electron chi connectivity index (χ1n) is 4.21. The SMILES string of the molecule is N#Cc1c(Cl)cccc1-n1cc(N)cn1. The third-order valence-electron chi connectivity index (χ3n) is 1.95. The van der Waals surface area contributed by atoms with Gasteiger partial charge in [-0.05, 0) is 12.1 Å². The lowest BCUT2D eigenvalue weighted by atomic mass is 10.2. The molecule has 2 N–H and O–H groups in total. The number of nitrogen functional groups attached to an aromatic ring is 1. The van der Waals surface area contributed by atoms with E-state index >= 15 is 0 Å².